The van der Waals surface area contributed by atoms with Gasteiger partial charge in [0.2, 0.25) is 0 Å². The molecule has 8 aromatic carbocycles. The lowest BCUT2D eigenvalue weighted by molar-refractivity contribution is 0.673. The van der Waals surface area contributed by atoms with Gasteiger partial charge >= 0.3 is 0 Å². The Morgan fingerprint density at radius 1 is 0.412 bits per heavy atom. The Labute approximate surface area is 300 Å². The second-order valence-corrected chi connectivity index (χ2v) is 13.9. The molecule has 2 aromatic heterocycles. The summed E-state index contributed by atoms with van der Waals surface area (Å²) in [6, 6.07) is 67.3. The Hall–Kier alpha value is -6.42. The highest BCUT2D eigenvalue weighted by Crippen LogP contribution is 2.50. The molecule has 3 heteroatoms. The van der Waals surface area contributed by atoms with Crippen LogP contribution in [0.5, 0.6) is 0 Å². The highest BCUT2D eigenvalue weighted by molar-refractivity contribution is 7.26. The number of anilines is 3. The van der Waals surface area contributed by atoms with E-state index in [0.29, 0.717) is 0 Å². The van der Waals surface area contributed by atoms with Gasteiger partial charge in [-0.2, -0.15) is 0 Å². The summed E-state index contributed by atoms with van der Waals surface area (Å²) in [7, 11) is 0. The molecule has 10 aromatic rings. The Morgan fingerprint density at radius 2 is 1.00 bits per heavy atom. The van der Waals surface area contributed by atoms with Crippen LogP contribution in [0.15, 0.2) is 192 Å². The largest absolute Gasteiger partial charge is 0.455 e. The summed E-state index contributed by atoms with van der Waals surface area (Å²) in [5, 5.41) is 4.63. The van der Waals surface area contributed by atoms with Crippen LogP contribution in [0.1, 0.15) is 0 Å². The number of fused-ring (bicyclic) bond motifs is 7. The summed E-state index contributed by atoms with van der Waals surface area (Å²) in [5.74, 6) is 0. The van der Waals surface area contributed by atoms with Gasteiger partial charge in [-0.15, -0.1) is 11.3 Å². The minimum atomic E-state index is 0.904. The lowest BCUT2D eigenvalue weighted by atomic mass is 9.92. The standard InChI is InChI=1S/C48H31NOS/c1-4-14-32(15-5-1)33-24-26-35(27-25-33)38-29-28-37(30-41(38)34-16-6-2-7-17-34)49(36-18-8-3-9-19-36)43-31-42-39-20-10-12-22-44(39)50-47(42)46-40-21-11-13-23-45(40)51-48(43)46/h1-31H. The van der Waals surface area contributed by atoms with Gasteiger partial charge in [0.15, 0.2) is 0 Å². The second kappa shape index (κ2) is 12.2. The molecule has 0 aliphatic rings. The molecule has 0 aliphatic heterocycles. The van der Waals surface area contributed by atoms with Crippen LogP contribution in [-0.2, 0) is 0 Å². The number of nitrogens with zero attached hydrogens (tertiary/aromatic N) is 1. The van der Waals surface area contributed by atoms with Crippen LogP contribution in [0.3, 0.4) is 0 Å². The van der Waals surface area contributed by atoms with E-state index in [1.807, 2.05) is 17.4 Å². The lowest BCUT2D eigenvalue weighted by Gasteiger charge is -2.27. The Kier molecular flexibility index (Phi) is 7.04. The average molecular weight is 670 g/mol. The number of rotatable bonds is 6. The second-order valence-electron chi connectivity index (χ2n) is 12.9. The van der Waals surface area contributed by atoms with Crippen LogP contribution in [0.25, 0.3) is 75.5 Å². The fourth-order valence-electron chi connectivity index (χ4n) is 7.47. The van der Waals surface area contributed by atoms with E-state index >= 15 is 0 Å². The molecule has 2 nitrogen and oxygen atoms in total. The van der Waals surface area contributed by atoms with Gasteiger partial charge in [0.1, 0.15) is 11.2 Å². The molecule has 0 N–H and O–H groups in total. The summed E-state index contributed by atoms with van der Waals surface area (Å²) in [6.45, 7) is 0. The third-order valence-corrected chi connectivity index (χ3v) is 11.1. The normalized spacial score (nSPS) is 11.5. The van der Waals surface area contributed by atoms with Gasteiger partial charge in [-0.1, -0.05) is 146 Å². The van der Waals surface area contributed by atoms with E-state index in [0.717, 1.165) is 39.0 Å². The molecule has 0 fully saturated rings. The predicted octanol–water partition coefficient (Wildman–Crippen LogP) is 14.4. The van der Waals surface area contributed by atoms with Crippen LogP contribution < -0.4 is 4.90 Å². The van der Waals surface area contributed by atoms with E-state index in [2.05, 4.69) is 187 Å². The van der Waals surface area contributed by atoms with Crippen molar-refractivity contribution in [2.45, 2.75) is 0 Å². The van der Waals surface area contributed by atoms with Crippen molar-refractivity contribution < 1.29 is 4.42 Å². The SMILES string of the molecule is c1ccc(-c2ccc(-c3ccc(N(c4ccccc4)c4cc5c6ccccc6oc5c5c4sc4ccccc45)cc3-c3ccccc3)cc2)cc1. The first kappa shape index (κ1) is 29.5. The molecule has 0 aliphatic carbocycles. The molecule has 0 atom stereocenters. The maximum atomic E-state index is 6.64. The summed E-state index contributed by atoms with van der Waals surface area (Å²) in [5.41, 5.74) is 12.3. The summed E-state index contributed by atoms with van der Waals surface area (Å²) >= 11 is 1.83. The first-order valence-corrected chi connectivity index (χ1v) is 18.1. The van der Waals surface area contributed by atoms with Gasteiger partial charge in [0.05, 0.1) is 10.4 Å². The van der Waals surface area contributed by atoms with Crippen LogP contribution in [0.4, 0.5) is 17.1 Å². The number of thiophene rings is 1. The zero-order valence-electron chi connectivity index (χ0n) is 27.7. The van der Waals surface area contributed by atoms with Crippen molar-refractivity contribution in [3.05, 3.63) is 188 Å². The van der Waals surface area contributed by atoms with E-state index in [4.69, 9.17) is 4.42 Å². The maximum Gasteiger partial charge on any atom is 0.144 e. The highest BCUT2D eigenvalue weighted by Gasteiger charge is 2.24. The van der Waals surface area contributed by atoms with Crippen LogP contribution in [-0.4, -0.2) is 0 Å². The van der Waals surface area contributed by atoms with E-state index in [9.17, 15) is 0 Å². The van der Waals surface area contributed by atoms with E-state index in [1.54, 1.807) is 0 Å². The number of para-hydroxylation sites is 2. The molecule has 240 valence electrons. The van der Waals surface area contributed by atoms with Crippen LogP contribution in [0, 0.1) is 0 Å². The fourth-order valence-corrected chi connectivity index (χ4v) is 8.68. The molecule has 0 spiro atoms. The molecule has 2 heterocycles. The minimum absolute atomic E-state index is 0.904. The Bertz CT molecular complexity index is 2840. The van der Waals surface area contributed by atoms with E-state index in [1.165, 1.54) is 53.6 Å². The molecule has 0 radical (unpaired) electrons. The predicted molar refractivity (Wildman–Crippen MR) is 218 cm³/mol. The maximum absolute atomic E-state index is 6.64. The minimum Gasteiger partial charge on any atom is -0.455 e. The molecule has 0 unspecified atom stereocenters. The molecule has 0 saturated carbocycles. The Balaban J connectivity index is 1.23. The van der Waals surface area contributed by atoms with Gasteiger partial charge < -0.3 is 9.32 Å². The zero-order chi connectivity index (χ0) is 33.7. The zero-order valence-corrected chi connectivity index (χ0v) is 28.5. The summed E-state index contributed by atoms with van der Waals surface area (Å²) in [6.07, 6.45) is 0. The summed E-state index contributed by atoms with van der Waals surface area (Å²) in [4.78, 5) is 2.42. The quantitative estimate of drug-likeness (QED) is 0.175. The number of benzene rings is 8. The van der Waals surface area contributed by atoms with Crippen molar-refractivity contribution in [3.8, 4) is 33.4 Å². The molecule has 51 heavy (non-hydrogen) atoms. The molecular weight excluding hydrogens is 639 g/mol. The van der Waals surface area contributed by atoms with Crippen molar-refractivity contribution in [2.75, 3.05) is 4.90 Å². The van der Waals surface area contributed by atoms with E-state index in [-0.39, 0.29) is 0 Å². The number of hydrogen-bond acceptors (Lipinski definition) is 3. The van der Waals surface area contributed by atoms with Crippen LogP contribution in [0.2, 0.25) is 0 Å². The summed E-state index contributed by atoms with van der Waals surface area (Å²) < 4.78 is 9.09. The van der Waals surface area contributed by atoms with Gasteiger partial charge in [-0.05, 0) is 75.8 Å². The van der Waals surface area contributed by atoms with Crippen molar-refractivity contribution in [2.24, 2.45) is 0 Å². The monoisotopic (exact) mass is 669 g/mol. The topological polar surface area (TPSA) is 16.4 Å². The van der Waals surface area contributed by atoms with Crippen molar-refractivity contribution in [1.29, 1.82) is 0 Å². The third kappa shape index (κ3) is 5.01. The lowest BCUT2D eigenvalue weighted by Crippen LogP contribution is -2.10. The van der Waals surface area contributed by atoms with Crippen LogP contribution >= 0.6 is 11.3 Å². The Morgan fingerprint density at radius 3 is 1.76 bits per heavy atom. The smallest absolute Gasteiger partial charge is 0.144 e. The molecule has 0 bridgehead atoms. The molecule has 0 saturated heterocycles. The third-order valence-electron chi connectivity index (χ3n) is 9.87. The van der Waals surface area contributed by atoms with Gasteiger partial charge in [0, 0.05) is 37.6 Å². The number of hydrogen-bond donors (Lipinski definition) is 0. The van der Waals surface area contributed by atoms with Crippen molar-refractivity contribution >= 4 is 70.5 Å². The molecule has 10 rings (SSSR count). The van der Waals surface area contributed by atoms with Gasteiger partial charge in [-0.25, -0.2) is 0 Å². The van der Waals surface area contributed by atoms with Crippen molar-refractivity contribution in [3.63, 3.8) is 0 Å². The molecule has 0 amide bonds. The fraction of sp³-hybridized carbons (Fsp3) is 0. The average Bonchev–Trinajstić information content (AvgIpc) is 3.78. The van der Waals surface area contributed by atoms with E-state index < -0.39 is 0 Å². The first-order valence-electron chi connectivity index (χ1n) is 17.3. The van der Waals surface area contributed by atoms with Gasteiger partial charge in [0.25, 0.3) is 0 Å². The molecular formula is C48H31NOS. The highest BCUT2D eigenvalue weighted by atomic mass is 32.1. The first-order chi connectivity index (χ1) is 25.3. The van der Waals surface area contributed by atoms with Gasteiger partial charge in [-0.3, -0.25) is 0 Å². The van der Waals surface area contributed by atoms with Crippen molar-refractivity contribution in [1.82, 2.24) is 0 Å². The number of furan rings is 1.